The van der Waals surface area contributed by atoms with E-state index in [1.54, 1.807) is 7.11 Å². The summed E-state index contributed by atoms with van der Waals surface area (Å²) < 4.78 is 24.7. The molecule has 1 fully saturated rings. The highest BCUT2D eigenvalue weighted by atomic mass is 19.1. The number of halogens is 1. The van der Waals surface area contributed by atoms with Crippen molar-refractivity contribution in [3.8, 4) is 17.7 Å². The van der Waals surface area contributed by atoms with Gasteiger partial charge in [-0.05, 0) is 48.4 Å². The zero-order chi connectivity index (χ0) is 25.9. The molecule has 0 amide bonds. The van der Waals surface area contributed by atoms with Gasteiger partial charge in [-0.3, -0.25) is 10.00 Å². The van der Waals surface area contributed by atoms with Gasteiger partial charge in [0.25, 0.3) is 0 Å². The molecule has 5 rings (SSSR count). The number of allylic oxidation sites excluding steroid dienone is 1. The summed E-state index contributed by atoms with van der Waals surface area (Å²) in [5, 5.41) is 17.4. The van der Waals surface area contributed by atoms with Gasteiger partial charge < -0.3 is 20.1 Å². The number of nitriles is 1. The molecule has 0 bridgehead atoms. The first-order valence-electron chi connectivity index (χ1n) is 12.6. The summed E-state index contributed by atoms with van der Waals surface area (Å²) in [5.41, 5.74) is 11.4. The lowest BCUT2D eigenvalue weighted by Crippen LogP contribution is -2.46. The lowest BCUT2D eigenvalue weighted by atomic mass is 9.82. The number of anilines is 1. The van der Waals surface area contributed by atoms with Crippen molar-refractivity contribution in [1.29, 1.82) is 5.26 Å². The predicted molar refractivity (Wildman–Crippen MR) is 139 cm³/mol. The molecule has 2 aromatic carbocycles. The molecule has 0 aliphatic carbocycles. The number of nitrogens with two attached hydrogens (primary N) is 1. The third-order valence-electron chi connectivity index (χ3n) is 7.11. The molecule has 1 atom stereocenters. The first-order valence-corrected chi connectivity index (χ1v) is 12.6. The minimum atomic E-state index is -0.367. The fourth-order valence-corrected chi connectivity index (χ4v) is 5.24. The molecule has 0 saturated carbocycles. The largest absolute Gasteiger partial charge is 0.496 e. The predicted octanol–water partition coefficient (Wildman–Crippen LogP) is 4.05. The third-order valence-corrected chi connectivity index (χ3v) is 7.11. The second-order valence-electron chi connectivity index (χ2n) is 9.41. The van der Waals surface area contributed by atoms with E-state index in [0.29, 0.717) is 18.0 Å². The quantitative estimate of drug-likeness (QED) is 0.502. The van der Waals surface area contributed by atoms with Crippen LogP contribution in [0.5, 0.6) is 11.6 Å². The Balaban J connectivity index is 1.41. The molecule has 0 spiro atoms. The fourth-order valence-electron chi connectivity index (χ4n) is 5.24. The van der Waals surface area contributed by atoms with Gasteiger partial charge in [-0.2, -0.15) is 5.26 Å². The van der Waals surface area contributed by atoms with E-state index < -0.39 is 0 Å². The van der Waals surface area contributed by atoms with E-state index in [2.05, 4.69) is 39.1 Å². The van der Waals surface area contributed by atoms with Crippen LogP contribution in [0, 0.1) is 17.1 Å². The normalized spacial score (nSPS) is 17.8. The summed E-state index contributed by atoms with van der Waals surface area (Å²) in [7, 11) is 1.67. The van der Waals surface area contributed by atoms with Crippen molar-refractivity contribution in [2.75, 3.05) is 38.2 Å². The molecular formula is C28H31FN6O2. The van der Waals surface area contributed by atoms with E-state index in [0.717, 1.165) is 72.8 Å². The highest BCUT2D eigenvalue weighted by Crippen LogP contribution is 2.44. The first-order chi connectivity index (χ1) is 18.0. The zero-order valence-corrected chi connectivity index (χ0v) is 21.1. The van der Waals surface area contributed by atoms with Gasteiger partial charge in [0, 0.05) is 55.2 Å². The van der Waals surface area contributed by atoms with Crippen LogP contribution in [0.2, 0.25) is 0 Å². The Labute approximate surface area is 216 Å². The van der Waals surface area contributed by atoms with Gasteiger partial charge in [-0.15, -0.1) is 5.10 Å². The number of rotatable bonds is 7. The summed E-state index contributed by atoms with van der Waals surface area (Å²) in [6, 6.07) is 15.0. The lowest BCUT2D eigenvalue weighted by Gasteiger charge is -2.36. The van der Waals surface area contributed by atoms with Crippen LogP contribution < -0.4 is 20.1 Å². The number of aromatic amines is 1. The number of methoxy groups -OCH3 is 1. The average molecular weight is 503 g/mol. The van der Waals surface area contributed by atoms with Crippen molar-refractivity contribution in [2.45, 2.75) is 32.2 Å². The fraction of sp³-hybridized carbons (Fsp3) is 0.357. The molecule has 192 valence electrons. The second kappa shape index (κ2) is 10.5. The number of piperazine rings is 1. The van der Waals surface area contributed by atoms with Crippen LogP contribution in [0.3, 0.4) is 0 Å². The molecule has 9 heteroatoms. The number of benzene rings is 2. The number of hydrogen-bond acceptors (Lipinski definition) is 7. The van der Waals surface area contributed by atoms with E-state index in [1.165, 1.54) is 12.1 Å². The van der Waals surface area contributed by atoms with Gasteiger partial charge in [0.15, 0.2) is 0 Å². The summed E-state index contributed by atoms with van der Waals surface area (Å²) in [4.78, 5) is 4.65. The van der Waals surface area contributed by atoms with Crippen LogP contribution in [-0.2, 0) is 13.0 Å². The molecular weight excluding hydrogens is 471 g/mol. The van der Waals surface area contributed by atoms with Gasteiger partial charge in [-0.1, -0.05) is 19.4 Å². The van der Waals surface area contributed by atoms with Crippen LogP contribution in [0.25, 0.3) is 0 Å². The maximum absolute atomic E-state index is 13.3. The number of aryl methyl sites for hydroxylation is 1. The SMILES string of the molecule is CCCc1[nH]nc2c1[C@H](c1ccc(OC)c(CN3CCN(c4ccc(F)cc4)CC3)c1)C(C#N)=C(N)O2. The summed E-state index contributed by atoms with van der Waals surface area (Å²) >= 11 is 0. The van der Waals surface area contributed by atoms with Gasteiger partial charge in [0.05, 0.1) is 13.0 Å². The topological polar surface area (TPSA) is 103 Å². The van der Waals surface area contributed by atoms with Crippen molar-refractivity contribution in [1.82, 2.24) is 15.1 Å². The molecule has 0 radical (unpaired) electrons. The molecule has 2 aliphatic heterocycles. The molecule has 3 N–H and O–H groups in total. The van der Waals surface area contributed by atoms with Crippen LogP contribution in [0.1, 0.15) is 41.6 Å². The summed E-state index contributed by atoms with van der Waals surface area (Å²) in [5.74, 6) is 0.727. The van der Waals surface area contributed by atoms with Crippen molar-refractivity contribution in [3.63, 3.8) is 0 Å². The number of aromatic nitrogens is 2. The molecule has 0 unspecified atom stereocenters. The number of ether oxygens (including phenoxy) is 2. The van der Waals surface area contributed by atoms with Crippen molar-refractivity contribution < 1.29 is 13.9 Å². The minimum Gasteiger partial charge on any atom is -0.496 e. The lowest BCUT2D eigenvalue weighted by molar-refractivity contribution is 0.246. The average Bonchev–Trinajstić information content (AvgIpc) is 3.31. The molecule has 3 heterocycles. The van der Waals surface area contributed by atoms with E-state index in [1.807, 2.05) is 24.3 Å². The highest BCUT2D eigenvalue weighted by molar-refractivity contribution is 5.56. The monoisotopic (exact) mass is 502 g/mol. The molecule has 1 saturated heterocycles. The highest BCUT2D eigenvalue weighted by Gasteiger charge is 2.35. The number of nitrogens with one attached hydrogen (secondary N) is 1. The molecule has 37 heavy (non-hydrogen) atoms. The molecule has 1 aromatic heterocycles. The summed E-state index contributed by atoms with van der Waals surface area (Å²) in [6.07, 6.45) is 1.72. The van der Waals surface area contributed by atoms with E-state index in [-0.39, 0.29) is 17.6 Å². The number of hydrogen-bond donors (Lipinski definition) is 2. The van der Waals surface area contributed by atoms with Crippen LogP contribution in [0.4, 0.5) is 10.1 Å². The van der Waals surface area contributed by atoms with Gasteiger partial charge in [-0.25, -0.2) is 4.39 Å². The van der Waals surface area contributed by atoms with Gasteiger partial charge in [0.1, 0.15) is 23.2 Å². The Morgan fingerprint density at radius 1 is 1.19 bits per heavy atom. The Morgan fingerprint density at radius 3 is 2.62 bits per heavy atom. The maximum atomic E-state index is 13.3. The number of H-pyrrole nitrogens is 1. The third kappa shape index (κ3) is 4.85. The summed E-state index contributed by atoms with van der Waals surface area (Å²) in [6.45, 7) is 6.24. The van der Waals surface area contributed by atoms with E-state index >= 15 is 0 Å². The zero-order valence-electron chi connectivity index (χ0n) is 21.1. The standard InChI is InChI=1S/C28H31FN6O2/c1-3-4-23-26-25(22(16-30)27(31)37-28(26)33-32-23)18-5-10-24(36-2)19(15-18)17-34-11-13-35(14-12-34)21-8-6-20(29)7-9-21/h5-10,15,25H,3-4,11-14,17,31H2,1-2H3,(H,32,33)/t25-/m1/s1. The van der Waals surface area contributed by atoms with Crippen molar-refractivity contribution >= 4 is 5.69 Å². The van der Waals surface area contributed by atoms with E-state index in [9.17, 15) is 9.65 Å². The van der Waals surface area contributed by atoms with Crippen LogP contribution in [-0.4, -0.2) is 48.4 Å². The number of nitrogens with zero attached hydrogens (tertiary/aromatic N) is 4. The Morgan fingerprint density at radius 2 is 1.95 bits per heavy atom. The van der Waals surface area contributed by atoms with Crippen molar-refractivity contribution in [2.24, 2.45) is 5.73 Å². The first kappa shape index (κ1) is 24.7. The Hall–Kier alpha value is -4.03. The van der Waals surface area contributed by atoms with E-state index in [4.69, 9.17) is 15.2 Å². The number of fused-ring (bicyclic) bond motifs is 1. The Bertz CT molecular complexity index is 1340. The molecule has 2 aliphatic rings. The molecule has 8 nitrogen and oxygen atoms in total. The van der Waals surface area contributed by atoms with Crippen molar-refractivity contribution in [3.05, 3.63) is 82.1 Å². The minimum absolute atomic E-state index is 0.0869. The van der Waals surface area contributed by atoms with Crippen LogP contribution >= 0.6 is 0 Å². The second-order valence-corrected chi connectivity index (χ2v) is 9.41. The Kier molecular flexibility index (Phi) is 7.01. The maximum Gasteiger partial charge on any atom is 0.244 e. The van der Waals surface area contributed by atoms with Crippen LogP contribution in [0.15, 0.2) is 53.9 Å². The van der Waals surface area contributed by atoms with Gasteiger partial charge in [0.2, 0.25) is 11.8 Å². The smallest absolute Gasteiger partial charge is 0.244 e. The van der Waals surface area contributed by atoms with Gasteiger partial charge >= 0.3 is 0 Å². The molecule has 3 aromatic rings.